The van der Waals surface area contributed by atoms with Crippen LogP contribution in [0.4, 0.5) is 8.78 Å². The van der Waals surface area contributed by atoms with Crippen molar-refractivity contribution in [1.82, 2.24) is 5.32 Å². The smallest absolute Gasteiger partial charge is 0.261 e. The first-order valence-electron chi connectivity index (χ1n) is 6.70. The molecule has 108 valence electrons. The molecule has 1 unspecified atom stereocenters. The Hall–Kier alpha value is -1.00. The third-order valence-corrected chi connectivity index (χ3v) is 2.82. The lowest BCUT2D eigenvalue weighted by atomic mass is 10.0. The van der Waals surface area contributed by atoms with E-state index in [1.807, 2.05) is 13.8 Å². The number of hydrogen-bond donors (Lipinski definition) is 1. The molecule has 1 aromatic rings. The number of halogens is 2. The van der Waals surface area contributed by atoms with E-state index in [9.17, 15) is 8.78 Å². The largest absolute Gasteiger partial charge is 0.374 e. The van der Waals surface area contributed by atoms with Gasteiger partial charge in [0.1, 0.15) is 6.61 Å². The predicted molar refractivity (Wildman–Crippen MR) is 73.8 cm³/mol. The van der Waals surface area contributed by atoms with Crippen molar-refractivity contribution < 1.29 is 13.5 Å². The SMILES string of the molecule is CCCNC(COCC(F)F)c1cc(C)cc(C)c1. The van der Waals surface area contributed by atoms with Crippen LogP contribution in [-0.4, -0.2) is 26.2 Å². The first-order valence-corrected chi connectivity index (χ1v) is 6.70. The van der Waals surface area contributed by atoms with Crippen LogP contribution in [0.5, 0.6) is 0 Å². The highest BCUT2D eigenvalue weighted by molar-refractivity contribution is 5.30. The number of aryl methyl sites for hydroxylation is 2. The van der Waals surface area contributed by atoms with Crippen molar-refractivity contribution in [2.75, 3.05) is 19.8 Å². The van der Waals surface area contributed by atoms with Gasteiger partial charge in [-0.25, -0.2) is 8.78 Å². The second kappa shape index (κ2) is 8.23. The van der Waals surface area contributed by atoms with Gasteiger partial charge in [0.05, 0.1) is 12.6 Å². The fraction of sp³-hybridized carbons (Fsp3) is 0.600. The van der Waals surface area contributed by atoms with E-state index in [0.717, 1.165) is 18.5 Å². The molecule has 1 rings (SSSR count). The van der Waals surface area contributed by atoms with Crippen LogP contribution in [-0.2, 0) is 4.74 Å². The summed E-state index contributed by atoms with van der Waals surface area (Å²) in [4.78, 5) is 0. The van der Waals surface area contributed by atoms with E-state index in [1.54, 1.807) is 0 Å². The van der Waals surface area contributed by atoms with Crippen LogP contribution in [0.3, 0.4) is 0 Å². The van der Waals surface area contributed by atoms with E-state index >= 15 is 0 Å². The van der Waals surface area contributed by atoms with Gasteiger partial charge >= 0.3 is 0 Å². The summed E-state index contributed by atoms with van der Waals surface area (Å²) in [6.45, 7) is 6.75. The number of rotatable bonds is 8. The van der Waals surface area contributed by atoms with Crippen LogP contribution in [0.15, 0.2) is 18.2 Å². The molecule has 1 N–H and O–H groups in total. The molecule has 4 heteroatoms. The fourth-order valence-corrected chi connectivity index (χ4v) is 2.08. The molecule has 0 saturated heterocycles. The Morgan fingerprint density at radius 2 is 1.74 bits per heavy atom. The van der Waals surface area contributed by atoms with Crippen LogP contribution in [0.25, 0.3) is 0 Å². The molecule has 2 nitrogen and oxygen atoms in total. The average Bonchev–Trinajstić information content (AvgIpc) is 2.31. The average molecular weight is 271 g/mol. The maximum absolute atomic E-state index is 12.1. The molecule has 0 fully saturated rings. The Morgan fingerprint density at radius 1 is 1.11 bits per heavy atom. The van der Waals surface area contributed by atoms with Crippen molar-refractivity contribution in [2.24, 2.45) is 0 Å². The topological polar surface area (TPSA) is 21.3 Å². The molecule has 0 aromatic heterocycles. The maximum Gasteiger partial charge on any atom is 0.261 e. The van der Waals surface area contributed by atoms with E-state index < -0.39 is 13.0 Å². The molecule has 0 bridgehead atoms. The molecule has 0 saturated carbocycles. The molecule has 0 amide bonds. The quantitative estimate of drug-likeness (QED) is 0.779. The van der Waals surface area contributed by atoms with Crippen LogP contribution in [0.2, 0.25) is 0 Å². The molecule has 0 aliphatic heterocycles. The minimum Gasteiger partial charge on any atom is -0.374 e. The maximum atomic E-state index is 12.1. The minimum absolute atomic E-state index is 0.0303. The summed E-state index contributed by atoms with van der Waals surface area (Å²) in [6, 6.07) is 6.22. The molecular weight excluding hydrogens is 248 g/mol. The van der Waals surface area contributed by atoms with E-state index in [2.05, 4.69) is 30.4 Å². The minimum atomic E-state index is -2.41. The van der Waals surface area contributed by atoms with Crippen LogP contribution in [0.1, 0.15) is 36.1 Å². The van der Waals surface area contributed by atoms with Crippen molar-refractivity contribution >= 4 is 0 Å². The summed E-state index contributed by atoms with van der Waals surface area (Å²) in [7, 11) is 0. The van der Waals surface area contributed by atoms with Gasteiger partial charge in [0.2, 0.25) is 0 Å². The molecule has 0 aliphatic rings. The molecule has 1 aromatic carbocycles. The van der Waals surface area contributed by atoms with Crippen molar-refractivity contribution in [3.63, 3.8) is 0 Å². The van der Waals surface area contributed by atoms with E-state index in [4.69, 9.17) is 4.74 Å². The Labute approximate surface area is 114 Å². The molecule has 0 aliphatic carbocycles. The highest BCUT2D eigenvalue weighted by atomic mass is 19.3. The van der Waals surface area contributed by atoms with Gasteiger partial charge < -0.3 is 10.1 Å². The van der Waals surface area contributed by atoms with Gasteiger partial charge in [0.25, 0.3) is 6.43 Å². The lowest BCUT2D eigenvalue weighted by molar-refractivity contribution is 0.00920. The molecular formula is C15H23F2NO. The third-order valence-electron chi connectivity index (χ3n) is 2.82. The highest BCUT2D eigenvalue weighted by Gasteiger charge is 2.13. The van der Waals surface area contributed by atoms with Crippen LogP contribution >= 0.6 is 0 Å². The van der Waals surface area contributed by atoms with Gasteiger partial charge in [-0.15, -0.1) is 0 Å². The lowest BCUT2D eigenvalue weighted by Crippen LogP contribution is -2.27. The number of nitrogens with one attached hydrogen (secondary N) is 1. The Kier molecular flexibility index (Phi) is 6.95. The van der Waals surface area contributed by atoms with Crippen molar-refractivity contribution in [3.05, 3.63) is 34.9 Å². The van der Waals surface area contributed by atoms with Crippen molar-refractivity contribution in [1.29, 1.82) is 0 Å². The first-order chi connectivity index (χ1) is 9.02. The molecule has 0 spiro atoms. The van der Waals surface area contributed by atoms with E-state index in [0.29, 0.717) is 0 Å². The zero-order valence-electron chi connectivity index (χ0n) is 11.9. The zero-order chi connectivity index (χ0) is 14.3. The fourth-order valence-electron chi connectivity index (χ4n) is 2.08. The summed E-state index contributed by atoms with van der Waals surface area (Å²) >= 11 is 0. The van der Waals surface area contributed by atoms with E-state index in [-0.39, 0.29) is 12.6 Å². The van der Waals surface area contributed by atoms with Gasteiger partial charge in [0, 0.05) is 0 Å². The van der Waals surface area contributed by atoms with Gasteiger partial charge in [-0.05, 0) is 32.4 Å². The monoisotopic (exact) mass is 271 g/mol. The second-order valence-corrected chi connectivity index (χ2v) is 4.86. The van der Waals surface area contributed by atoms with Crippen LogP contribution in [0, 0.1) is 13.8 Å². The molecule has 0 radical (unpaired) electrons. The molecule has 19 heavy (non-hydrogen) atoms. The third kappa shape index (κ3) is 6.12. The Bertz CT molecular complexity index is 362. The van der Waals surface area contributed by atoms with Gasteiger partial charge in [-0.1, -0.05) is 36.2 Å². The lowest BCUT2D eigenvalue weighted by Gasteiger charge is -2.20. The molecule has 0 heterocycles. The Balaban J connectivity index is 2.71. The summed E-state index contributed by atoms with van der Waals surface area (Å²) in [5.74, 6) is 0. The zero-order valence-corrected chi connectivity index (χ0v) is 11.9. The van der Waals surface area contributed by atoms with Gasteiger partial charge in [-0.3, -0.25) is 0 Å². The number of alkyl halides is 2. The summed E-state index contributed by atoms with van der Waals surface area (Å²) in [5, 5.41) is 3.34. The molecule has 1 atom stereocenters. The number of ether oxygens (including phenoxy) is 1. The Morgan fingerprint density at radius 3 is 2.26 bits per heavy atom. The standard InChI is InChI=1S/C15H23F2NO/c1-4-5-18-14(9-19-10-15(16)17)13-7-11(2)6-12(3)8-13/h6-8,14-15,18H,4-5,9-10H2,1-3H3. The van der Waals surface area contributed by atoms with E-state index in [1.165, 1.54) is 11.1 Å². The van der Waals surface area contributed by atoms with Gasteiger partial charge in [-0.2, -0.15) is 0 Å². The van der Waals surface area contributed by atoms with Crippen molar-refractivity contribution in [3.8, 4) is 0 Å². The first kappa shape index (κ1) is 16.1. The number of hydrogen-bond acceptors (Lipinski definition) is 2. The predicted octanol–water partition coefficient (Wildman–Crippen LogP) is 3.63. The van der Waals surface area contributed by atoms with Gasteiger partial charge in [0.15, 0.2) is 0 Å². The summed E-state index contributed by atoms with van der Waals surface area (Å²) in [6.07, 6.45) is -1.41. The normalized spacial score (nSPS) is 12.9. The number of benzene rings is 1. The highest BCUT2D eigenvalue weighted by Crippen LogP contribution is 2.18. The summed E-state index contributed by atoms with van der Waals surface area (Å²) in [5.41, 5.74) is 3.44. The van der Waals surface area contributed by atoms with Crippen molar-refractivity contribution in [2.45, 2.75) is 39.7 Å². The van der Waals surface area contributed by atoms with Crippen LogP contribution < -0.4 is 5.32 Å². The summed E-state index contributed by atoms with van der Waals surface area (Å²) < 4.78 is 29.3. The second-order valence-electron chi connectivity index (χ2n) is 4.86.